The third-order valence-corrected chi connectivity index (χ3v) is 51.9. The normalized spacial score (nSPS) is 20.8. The molecule has 98 heavy (non-hydrogen) atoms. The lowest BCUT2D eigenvalue weighted by Crippen LogP contribution is -2.67. The number of hydrogen-bond donors (Lipinski definition) is 0. The SMILES string of the molecule is CCCCCCCCCC[C@H](O[Si](C)(C)C(C)(C)C)[C@@H]1O[C@@H]([C@H]2C[C@@H]([Si](C)(C)c3ccccc3)[C@H]([C@@H](CCCCCCCCCC[C@H](CC#C[C@@H](C)O[Si](c3ccccc3)(c3ccccc3)C(C)(C)C)O[Si](C)(C)C(C)(C)C)O[Si](C)(C)C(C)(C)C)O2)C[C@H]1[Si](C)(C)c1ccccc1. The van der Waals surface area contributed by atoms with Crippen LogP contribution in [0.25, 0.3) is 0 Å². The van der Waals surface area contributed by atoms with Crippen molar-refractivity contribution in [2.75, 3.05) is 0 Å². The van der Waals surface area contributed by atoms with Gasteiger partial charge < -0.3 is 27.2 Å². The highest BCUT2D eigenvalue weighted by atomic mass is 28.4. The van der Waals surface area contributed by atoms with Gasteiger partial charge in [0.1, 0.15) is 6.10 Å². The van der Waals surface area contributed by atoms with Crippen LogP contribution in [0.3, 0.4) is 0 Å². The largest absolute Gasteiger partial charge is 0.413 e. The number of unbranched alkanes of at least 4 members (excludes halogenated alkanes) is 14. The first kappa shape index (κ1) is 84.4. The van der Waals surface area contributed by atoms with Gasteiger partial charge in [-0.3, -0.25) is 0 Å². The maximum atomic E-state index is 7.95. The Balaban J connectivity index is 1.16. The summed E-state index contributed by atoms with van der Waals surface area (Å²) < 4.78 is 46.0. The molecule has 0 radical (unpaired) electrons. The van der Waals surface area contributed by atoms with E-state index in [1.54, 1.807) is 0 Å². The minimum Gasteiger partial charge on any atom is -0.413 e. The van der Waals surface area contributed by atoms with Crippen molar-refractivity contribution in [1.82, 2.24) is 0 Å². The molecule has 0 saturated carbocycles. The summed E-state index contributed by atoms with van der Waals surface area (Å²) in [6.45, 7) is 58.3. The van der Waals surface area contributed by atoms with Crippen LogP contribution in [0.5, 0.6) is 0 Å². The molecule has 0 unspecified atom stereocenters. The fourth-order valence-electron chi connectivity index (χ4n) is 15.3. The second-order valence-corrected chi connectivity index (χ2v) is 65.1. The van der Waals surface area contributed by atoms with E-state index in [9.17, 15) is 0 Å². The zero-order valence-electron chi connectivity index (χ0n) is 67.3. The molecular formula is C86H146O6Si6. The van der Waals surface area contributed by atoms with Gasteiger partial charge in [0.05, 0.1) is 58.9 Å². The lowest BCUT2D eigenvalue weighted by atomic mass is 9.99. The van der Waals surface area contributed by atoms with Gasteiger partial charge in [-0.1, -0.05) is 362 Å². The number of rotatable bonds is 38. The van der Waals surface area contributed by atoms with Crippen LogP contribution in [0.15, 0.2) is 121 Å². The molecule has 6 nitrogen and oxygen atoms in total. The third-order valence-electron chi connectivity index (χ3n) is 24.8. The first-order valence-corrected chi connectivity index (χ1v) is 56.3. The molecule has 2 aliphatic rings. The molecule has 6 rings (SSSR count). The summed E-state index contributed by atoms with van der Waals surface area (Å²) in [5.74, 6) is 7.28. The summed E-state index contributed by atoms with van der Waals surface area (Å²) in [6, 6.07) is 45.0. The van der Waals surface area contributed by atoms with Gasteiger partial charge in [0.2, 0.25) is 0 Å². The molecule has 0 aromatic heterocycles. The van der Waals surface area contributed by atoms with Crippen LogP contribution in [-0.4, -0.2) is 98.2 Å². The van der Waals surface area contributed by atoms with E-state index >= 15 is 0 Å². The standard InChI is InChI=1S/C86H146O6Si6/c1-25-26-27-28-29-33-36-51-65-75(91-96(21,22)84(6,7)8)81-79(93(15,16)71-57-43-38-44-58-71)67-77(87-81)78-68-80(94(17,18)72-59-45-39-46-60-72)82(88-78)76(92-97(23,24)85(9,10)11)66-52-37-34-31-30-32-35-42-55-70(90-95(19,20)83(3,4)5)56-53-54-69(2)89-98(86(12,13)14,73-61-47-40-48-62-73)74-63-49-41-50-64-74/h38-41,43-50,57-64,69-70,75-82H,25-37,42,51-52,55-56,65-68H2,1-24H3/t69-,70-,75+,76-,77-,78-,79-,80-,81+,82+/m1/s1. The lowest BCUT2D eigenvalue weighted by Gasteiger charge is -2.44. The predicted octanol–water partition coefficient (Wildman–Crippen LogP) is 23.2. The van der Waals surface area contributed by atoms with E-state index in [0.29, 0.717) is 11.1 Å². The maximum absolute atomic E-state index is 7.95. The predicted molar refractivity (Wildman–Crippen MR) is 441 cm³/mol. The van der Waals surface area contributed by atoms with Crippen molar-refractivity contribution < 1.29 is 27.2 Å². The second-order valence-electron chi connectivity index (χ2n) is 37.1. The van der Waals surface area contributed by atoms with Crippen LogP contribution in [0.2, 0.25) is 96.7 Å². The van der Waals surface area contributed by atoms with Crippen molar-refractivity contribution in [2.24, 2.45) is 0 Å². The van der Waals surface area contributed by atoms with Gasteiger partial charge in [0, 0.05) is 6.42 Å². The Kier molecular flexibility index (Phi) is 31.8. The summed E-state index contributed by atoms with van der Waals surface area (Å²) in [5.41, 5.74) is 0.790. The molecule has 2 heterocycles. The molecule has 4 aromatic rings. The van der Waals surface area contributed by atoms with Crippen LogP contribution >= 0.6 is 0 Å². The number of hydrogen-bond acceptors (Lipinski definition) is 6. The molecule has 4 aromatic carbocycles. The van der Waals surface area contributed by atoms with Gasteiger partial charge in [-0.05, 0) is 120 Å². The number of ether oxygens (including phenoxy) is 2. The van der Waals surface area contributed by atoms with E-state index in [1.807, 2.05) is 0 Å². The average molecular weight is 1440 g/mol. The van der Waals surface area contributed by atoms with Gasteiger partial charge in [-0.15, -0.1) is 0 Å². The Morgan fingerprint density at radius 3 is 1.02 bits per heavy atom. The van der Waals surface area contributed by atoms with E-state index in [-0.39, 0.29) is 69.0 Å². The number of benzene rings is 4. The highest BCUT2D eigenvalue weighted by Gasteiger charge is 2.58. The fourth-order valence-corrected chi connectivity index (χ4v) is 30.8. The molecule has 2 aliphatic heterocycles. The molecule has 0 spiro atoms. The van der Waals surface area contributed by atoms with E-state index in [2.05, 4.69) is 296 Å². The maximum Gasteiger partial charge on any atom is 0.262 e. The molecule has 550 valence electrons. The molecular weight excluding hydrogens is 1300 g/mol. The van der Waals surface area contributed by atoms with Crippen LogP contribution in [-0.2, 0) is 27.2 Å². The van der Waals surface area contributed by atoms with Crippen molar-refractivity contribution in [1.29, 1.82) is 0 Å². The van der Waals surface area contributed by atoms with Crippen molar-refractivity contribution in [3.05, 3.63) is 121 Å². The van der Waals surface area contributed by atoms with Gasteiger partial charge >= 0.3 is 0 Å². The summed E-state index contributed by atoms with van der Waals surface area (Å²) in [4.78, 5) is 0. The van der Waals surface area contributed by atoms with Gasteiger partial charge in [0.15, 0.2) is 25.0 Å². The first-order chi connectivity index (χ1) is 45.8. The van der Waals surface area contributed by atoms with E-state index in [1.165, 1.54) is 111 Å². The summed E-state index contributed by atoms with van der Waals surface area (Å²) >= 11 is 0. The summed E-state index contributed by atoms with van der Waals surface area (Å²) in [6.07, 6.45) is 26.3. The molecule has 0 amide bonds. The molecule has 0 aliphatic carbocycles. The van der Waals surface area contributed by atoms with Crippen molar-refractivity contribution in [3.63, 3.8) is 0 Å². The lowest BCUT2D eigenvalue weighted by molar-refractivity contribution is -0.107. The van der Waals surface area contributed by atoms with Crippen LogP contribution in [0.1, 0.15) is 238 Å². The Morgan fingerprint density at radius 2 is 0.694 bits per heavy atom. The summed E-state index contributed by atoms with van der Waals surface area (Å²) in [7, 11) is -13.4. The van der Waals surface area contributed by atoms with Crippen LogP contribution < -0.4 is 20.7 Å². The van der Waals surface area contributed by atoms with Crippen LogP contribution in [0, 0.1) is 11.8 Å². The molecule has 0 N–H and O–H groups in total. The molecule has 2 saturated heterocycles. The zero-order valence-corrected chi connectivity index (χ0v) is 73.3. The van der Waals surface area contributed by atoms with E-state index in [4.69, 9.17) is 27.2 Å². The van der Waals surface area contributed by atoms with Gasteiger partial charge in [-0.25, -0.2) is 0 Å². The Hall–Kier alpha value is -2.50. The zero-order chi connectivity index (χ0) is 72.4. The highest BCUT2D eigenvalue weighted by molar-refractivity contribution is 6.99. The highest BCUT2D eigenvalue weighted by Crippen LogP contribution is 2.52. The summed E-state index contributed by atoms with van der Waals surface area (Å²) in [5, 5.41) is 5.82. The average Bonchev–Trinajstić information content (AvgIpc) is 1.25. The Labute approximate surface area is 610 Å². The Morgan fingerprint density at radius 1 is 0.388 bits per heavy atom. The topological polar surface area (TPSA) is 55.4 Å². The van der Waals surface area contributed by atoms with Crippen LogP contribution in [0.4, 0.5) is 0 Å². The monoisotopic (exact) mass is 1440 g/mol. The molecule has 0 bridgehead atoms. The molecule has 10 atom stereocenters. The quantitative estimate of drug-likeness (QED) is 0.0253. The fraction of sp³-hybridized carbons (Fsp3) is 0.698. The smallest absolute Gasteiger partial charge is 0.262 e. The molecule has 2 fully saturated rings. The van der Waals surface area contributed by atoms with Crippen molar-refractivity contribution in [3.8, 4) is 11.8 Å². The van der Waals surface area contributed by atoms with Gasteiger partial charge in [-0.2, -0.15) is 0 Å². The van der Waals surface area contributed by atoms with Gasteiger partial charge in [0.25, 0.3) is 8.32 Å². The second kappa shape index (κ2) is 37.0. The Bertz CT molecular complexity index is 2930. The first-order valence-electron chi connectivity index (χ1n) is 39.5. The third kappa shape index (κ3) is 23.0. The van der Waals surface area contributed by atoms with E-state index < -0.39 is 49.4 Å². The van der Waals surface area contributed by atoms with E-state index in [0.717, 1.165) is 51.4 Å². The minimum atomic E-state index is -2.73. The van der Waals surface area contributed by atoms with Crippen molar-refractivity contribution >= 4 is 70.2 Å². The molecule has 12 heteroatoms. The minimum absolute atomic E-state index is 0.00182. The van der Waals surface area contributed by atoms with Crippen molar-refractivity contribution in [2.45, 2.75) is 384 Å².